The first-order valence-corrected chi connectivity index (χ1v) is 13.1. The van der Waals surface area contributed by atoms with Crippen LogP contribution in [0.4, 0.5) is 11.6 Å². The highest BCUT2D eigenvalue weighted by Crippen LogP contribution is 2.37. The molecule has 0 bridgehead atoms. The summed E-state index contributed by atoms with van der Waals surface area (Å²) in [6.45, 7) is 3.16. The van der Waals surface area contributed by atoms with Gasteiger partial charge in [0.2, 0.25) is 0 Å². The summed E-state index contributed by atoms with van der Waals surface area (Å²) < 4.78 is 28.5. The number of hydrogen-bond donors (Lipinski definition) is 7. The van der Waals surface area contributed by atoms with E-state index in [0.717, 1.165) is 4.57 Å². The van der Waals surface area contributed by atoms with Crippen LogP contribution >= 0.6 is 7.60 Å². The number of aliphatic hydroxyl groups excluding tert-OH is 3. The second-order valence-electron chi connectivity index (χ2n) is 8.85. The van der Waals surface area contributed by atoms with E-state index < -0.39 is 62.4 Å². The van der Waals surface area contributed by atoms with Crippen molar-refractivity contribution < 1.29 is 43.9 Å². The molecule has 18 heteroatoms. The fourth-order valence-electron chi connectivity index (χ4n) is 3.77. The third-order valence-electron chi connectivity index (χ3n) is 5.75. The van der Waals surface area contributed by atoms with Crippen molar-refractivity contribution in [1.29, 1.82) is 0 Å². The Morgan fingerprint density at radius 3 is 1.89 bits per heavy atom. The Hall–Kier alpha value is -2.73. The lowest BCUT2D eigenvalue weighted by Gasteiger charge is -2.18. The van der Waals surface area contributed by atoms with Gasteiger partial charge in [-0.2, -0.15) is 9.97 Å². The molecule has 6 atom stereocenters. The SMILES string of the molecule is Cc1cn([C@@H]2O[C@H](CO)C[C@@H]2O)c(=O)nc1N.Cc1cn([C@@H]2O[C@H](OCP(=O)(O)O)C[C@@H]2O)c(=O)nc1N. The summed E-state index contributed by atoms with van der Waals surface area (Å²) >= 11 is 0. The van der Waals surface area contributed by atoms with Crippen LogP contribution in [-0.4, -0.2) is 81.8 Å². The van der Waals surface area contributed by atoms with E-state index in [4.69, 9.17) is 40.6 Å². The highest BCUT2D eigenvalue weighted by Gasteiger charge is 2.38. The number of nitrogens with zero attached hydrogens (tertiary/aromatic N) is 4. The first-order chi connectivity index (χ1) is 17.7. The van der Waals surface area contributed by atoms with Crippen molar-refractivity contribution in [2.45, 2.75) is 63.7 Å². The summed E-state index contributed by atoms with van der Waals surface area (Å²) in [6.07, 6.45) is -2.94. The molecule has 9 N–H and O–H groups in total. The second kappa shape index (κ2) is 12.0. The number of aryl methyl sites for hydroxylation is 2. The average Bonchev–Trinajstić information content (AvgIpc) is 3.39. The van der Waals surface area contributed by atoms with E-state index in [-0.39, 0.29) is 31.1 Å². The Balaban J connectivity index is 0.000000215. The van der Waals surface area contributed by atoms with Gasteiger partial charge in [0.05, 0.1) is 12.7 Å². The van der Waals surface area contributed by atoms with Crippen LogP contribution in [0.15, 0.2) is 22.0 Å². The second-order valence-corrected chi connectivity index (χ2v) is 10.4. The molecule has 2 fully saturated rings. The largest absolute Gasteiger partial charge is 0.394 e. The van der Waals surface area contributed by atoms with Crippen LogP contribution in [0, 0.1) is 13.8 Å². The molecule has 0 unspecified atom stereocenters. The fraction of sp³-hybridized carbons (Fsp3) is 0.600. The van der Waals surface area contributed by atoms with Gasteiger partial charge in [0.1, 0.15) is 23.8 Å². The molecule has 4 heterocycles. The molecule has 17 nitrogen and oxygen atoms in total. The van der Waals surface area contributed by atoms with E-state index in [1.165, 1.54) is 17.0 Å². The number of anilines is 2. The molecule has 4 rings (SSSR count). The minimum Gasteiger partial charge on any atom is -0.394 e. The van der Waals surface area contributed by atoms with Crippen LogP contribution in [0.5, 0.6) is 0 Å². The summed E-state index contributed by atoms with van der Waals surface area (Å²) in [5.41, 5.74) is 10.9. The quantitative estimate of drug-likeness (QED) is 0.182. The van der Waals surface area contributed by atoms with Crippen LogP contribution in [0.1, 0.15) is 36.4 Å². The van der Waals surface area contributed by atoms with Crippen molar-refractivity contribution in [2.24, 2.45) is 0 Å². The van der Waals surface area contributed by atoms with Gasteiger partial charge >= 0.3 is 19.0 Å². The van der Waals surface area contributed by atoms with Gasteiger partial charge in [-0.1, -0.05) is 0 Å². The third kappa shape index (κ3) is 7.22. The topological polar surface area (TPSA) is 268 Å². The van der Waals surface area contributed by atoms with Crippen molar-refractivity contribution >= 4 is 19.2 Å². The standard InChI is InChI=1S/C10H16N3O7P.C10H15N3O4/c1-5-3-13(10(15)12-8(5)11)9-6(14)2-7(20-9)19-4-21(16,17)18;1-5-3-13(10(16)12-8(5)11)9-7(15)2-6(4-14)17-9/h3,6-7,9,14H,2,4H2,1H3,(H2,11,12,15)(H2,16,17,18);3,6-7,9,14-15H,2,4H2,1H3,(H2,11,12,16)/t2*6-,7-,9+/m00/s1. The minimum atomic E-state index is -4.33. The van der Waals surface area contributed by atoms with Crippen molar-refractivity contribution in [3.63, 3.8) is 0 Å². The number of nitrogen functional groups attached to an aromatic ring is 2. The third-order valence-corrected chi connectivity index (χ3v) is 6.23. The molecule has 0 amide bonds. The zero-order valence-electron chi connectivity index (χ0n) is 20.5. The van der Waals surface area contributed by atoms with E-state index in [2.05, 4.69) is 9.97 Å². The van der Waals surface area contributed by atoms with Gasteiger partial charge in [-0.25, -0.2) is 9.59 Å². The molecule has 2 aromatic heterocycles. The number of aromatic nitrogens is 4. The molecular formula is C20H31N6O11P. The van der Waals surface area contributed by atoms with Crippen LogP contribution in [0.3, 0.4) is 0 Å². The summed E-state index contributed by atoms with van der Waals surface area (Å²) in [6, 6.07) is 0. The van der Waals surface area contributed by atoms with Crippen LogP contribution in [-0.2, 0) is 18.8 Å². The molecule has 2 aliphatic heterocycles. The zero-order valence-corrected chi connectivity index (χ0v) is 21.4. The van der Waals surface area contributed by atoms with E-state index >= 15 is 0 Å². The van der Waals surface area contributed by atoms with Crippen molar-refractivity contribution in [2.75, 3.05) is 24.4 Å². The smallest absolute Gasteiger partial charge is 0.351 e. The lowest BCUT2D eigenvalue weighted by atomic mass is 10.2. The fourth-order valence-corrected chi connectivity index (χ4v) is 4.13. The number of nitrogens with two attached hydrogens (primary N) is 2. The zero-order chi connectivity index (χ0) is 28.4. The van der Waals surface area contributed by atoms with E-state index in [9.17, 15) is 24.4 Å². The first-order valence-electron chi connectivity index (χ1n) is 11.3. The normalized spacial score (nSPS) is 27.2. The molecule has 38 heavy (non-hydrogen) atoms. The summed E-state index contributed by atoms with van der Waals surface area (Å²) in [7, 11) is -4.33. The van der Waals surface area contributed by atoms with Gasteiger partial charge in [0.25, 0.3) is 0 Å². The molecule has 0 spiro atoms. The maximum absolute atomic E-state index is 11.8. The van der Waals surface area contributed by atoms with Gasteiger partial charge in [0.15, 0.2) is 25.1 Å². The van der Waals surface area contributed by atoms with Crippen LogP contribution in [0.2, 0.25) is 0 Å². The Labute approximate surface area is 215 Å². The Morgan fingerprint density at radius 2 is 1.45 bits per heavy atom. The summed E-state index contributed by atoms with van der Waals surface area (Å²) in [5, 5.41) is 28.6. The number of hydrogen-bond acceptors (Lipinski definition) is 13. The summed E-state index contributed by atoms with van der Waals surface area (Å²) in [5.74, 6) is 0.246. The van der Waals surface area contributed by atoms with Gasteiger partial charge in [0, 0.05) is 36.4 Å². The Kier molecular flexibility index (Phi) is 9.40. The average molecular weight is 562 g/mol. The summed E-state index contributed by atoms with van der Waals surface area (Å²) in [4.78, 5) is 48.1. The number of aliphatic hydroxyl groups is 3. The van der Waals surface area contributed by atoms with Crippen molar-refractivity contribution in [3.05, 3.63) is 44.5 Å². The maximum atomic E-state index is 11.8. The molecular weight excluding hydrogens is 531 g/mol. The molecule has 0 aliphatic carbocycles. The maximum Gasteiger partial charge on any atom is 0.351 e. The highest BCUT2D eigenvalue weighted by atomic mass is 31.2. The number of ether oxygens (including phenoxy) is 3. The van der Waals surface area contributed by atoms with Crippen LogP contribution in [0.25, 0.3) is 0 Å². The molecule has 2 aromatic rings. The van der Waals surface area contributed by atoms with Gasteiger partial charge in [-0.3, -0.25) is 13.7 Å². The molecule has 2 saturated heterocycles. The molecule has 0 aromatic carbocycles. The van der Waals surface area contributed by atoms with E-state index in [1.807, 2.05) is 0 Å². The molecule has 0 radical (unpaired) electrons. The van der Waals surface area contributed by atoms with Crippen LogP contribution < -0.4 is 22.8 Å². The Morgan fingerprint density at radius 1 is 0.974 bits per heavy atom. The lowest BCUT2D eigenvalue weighted by Crippen LogP contribution is -2.32. The van der Waals surface area contributed by atoms with Gasteiger partial charge < -0.3 is 50.8 Å². The van der Waals surface area contributed by atoms with E-state index in [1.54, 1.807) is 13.8 Å². The lowest BCUT2D eigenvalue weighted by molar-refractivity contribution is -0.147. The number of rotatable bonds is 6. The molecule has 2 aliphatic rings. The minimum absolute atomic E-state index is 0.0273. The predicted molar refractivity (Wildman–Crippen MR) is 129 cm³/mol. The van der Waals surface area contributed by atoms with Crippen molar-refractivity contribution in [3.8, 4) is 0 Å². The molecule has 212 valence electrons. The predicted octanol–water partition coefficient (Wildman–Crippen LogP) is -2.33. The first kappa shape index (κ1) is 29.8. The molecule has 0 saturated carbocycles. The van der Waals surface area contributed by atoms with Crippen molar-refractivity contribution in [1.82, 2.24) is 19.1 Å². The van der Waals surface area contributed by atoms with E-state index in [0.29, 0.717) is 11.1 Å². The highest BCUT2D eigenvalue weighted by molar-refractivity contribution is 7.51. The van der Waals surface area contributed by atoms with Gasteiger partial charge in [-0.05, 0) is 13.8 Å². The van der Waals surface area contributed by atoms with Gasteiger partial charge in [-0.15, -0.1) is 0 Å². The Bertz CT molecular complexity index is 1300. The monoisotopic (exact) mass is 562 g/mol.